The molecule has 1 aromatic heterocycles. The summed E-state index contributed by atoms with van der Waals surface area (Å²) in [7, 11) is 0. The normalized spacial score (nSPS) is 10.8. The zero-order chi connectivity index (χ0) is 19.9. The fourth-order valence-electron chi connectivity index (χ4n) is 2.13. The molecule has 0 saturated heterocycles. The third-order valence-corrected chi connectivity index (χ3v) is 3.18. The highest BCUT2D eigenvalue weighted by molar-refractivity contribution is 5.90. The van der Waals surface area contributed by atoms with Gasteiger partial charge < -0.3 is 20.1 Å². The summed E-state index contributed by atoms with van der Waals surface area (Å²) in [5, 5.41) is 5.75. The summed E-state index contributed by atoms with van der Waals surface area (Å²) in [6.07, 6.45) is 0.877. The highest BCUT2D eigenvalue weighted by Gasteiger charge is 2.16. The second-order valence-electron chi connectivity index (χ2n) is 6.68. The number of nitrogens with zero attached hydrogens (tertiary/aromatic N) is 2. The number of alkyl carbamates (subject to hydrolysis) is 1. The standard InChI is InChI=1S/C19H24N4O4/c1-5-26-17(24)13-7-6-8-14(9-13)23-16-10-15(21-12-22-16)11-20-18(25)27-19(2,3)4/h6-10,12H,5,11H2,1-4H3,(H,20,25)(H,21,22,23). The van der Waals surface area contributed by atoms with Crippen molar-refractivity contribution in [2.45, 2.75) is 39.8 Å². The van der Waals surface area contributed by atoms with Crippen LogP contribution in [-0.2, 0) is 16.0 Å². The van der Waals surface area contributed by atoms with E-state index in [2.05, 4.69) is 20.6 Å². The van der Waals surface area contributed by atoms with Gasteiger partial charge in [-0.3, -0.25) is 0 Å². The van der Waals surface area contributed by atoms with Crippen LogP contribution in [0.5, 0.6) is 0 Å². The van der Waals surface area contributed by atoms with Crippen LogP contribution in [0.4, 0.5) is 16.3 Å². The Labute approximate surface area is 158 Å². The van der Waals surface area contributed by atoms with E-state index in [0.29, 0.717) is 29.4 Å². The summed E-state index contributed by atoms with van der Waals surface area (Å²) < 4.78 is 10.2. The summed E-state index contributed by atoms with van der Waals surface area (Å²) in [6.45, 7) is 7.66. The number of carbonyl (C=O) groups is 2. The van der Waals surface area contributed by atoms with Crippen molar-refractivity contribution in [3.63, 3.8) is 0 Å². The molecule has 1 amide bonds. The molecule has 0 saturated carbocycles. The Hall–Kier alpha value is -3.16. The third kappa shape index (κ3) is 6.93. The van der Waals surface area contributed by atoms with Crippen molar-refractivity contribution in [2.75, 3.05) is 11.9 Å². The average molecular weight is 372 g/mol. The molecule has 0 bridgehead atoms. The zero-order valence-electron chi connectivity index (χ0n) is 15.9. The Kier molecular flexibility index (Phi) is 6.70. The fourth-order valence-corrected chi connectivity index (χ4v) is 2.13. The molecule has 0 radical (unpaired) electrons. The third-order valence-electron chi connectivity index (χ3n) is 3.18. The number of benzene rings is 1. The highest BCUT2D eigenvalue weighted by atomic mass is 16.6. The maximum atomic E-state index is 11.8. The van der Waals surface area contributed by atoms with E-state index < -0.39 is 11.7 Å². The minimum absolute atomic E-state index is 0.203. The van der Waals surface area contributed by atoms with Crippen LogP contribution in [0.1, 0.15) is 43.7 Å². The molecular weight excluding hydrogens is 348 g/mol. The highest BCUT2D eigenvalue weighted by Crippen LogP contribution is 2.17. The van der Waals surface area contributed by atoms with Crippen molar-refractivity contribution in [1.29, 1.82) is 0 Å². The van der Waals surface area contributed by atoms with Gasteiger partial charge in [0.1, 0.15) is 17.7 Å². The Morgan fingerprint density at radius 3 is 2.63 bits per heavy atom. The molecule has 2 aromatic rings. The molecular formula is C19H24N4O4. The smallest absolute Gasteiger partial charge is 0.407 e. The van der Waals surface area contributed by atoms with Gasteiger partial charge in [-0.05, 0) is 45.9 Å². The summed E-state index contributed by atoms with van der Waals surface area (Å²) >= 11 is 0. The Balaban J connectivity index is 2.00. The van der Waals surface area contributed by atoms with Gasteiger partial charge >= 0.3 is 12.1 Å². The predicted molar refractivity (Wildman–Crippen MR) is 101 cm³/mol. The van der Waals surface area contributed by atoms with E-state index in [-0.39, 0.29) is 12.5 Å². The van der Waals surface area contributed by atoms with Crippen molar-refractivity contribution < 1.29 is 19.1 Å². The minimum Gasteiger partial charge on any atom is -0.462 e. The van der Waals surface area contributed by atoms with Gasteiger partial charge in [-0.25, -0.2) is 19.6 Å². The van der Waals surface area contributed by atoms with Crippen LogP contribution in [0.25, 0.3) is 0 Å². The lowest BCUT2D eigenvalue weighted by Crippen LogP contribution is -2.32. The molecule has 0 aliphatic carbocycles. The summed E-state index contributed by atoms with van der Waals surface area (Å²) in [6, 6.07) is 8.62. The first-order chi connectivity index (χ1) is 12.8. The number of rotatable bonds is 6. The summed E-state index contributed by atoms with van der Waals surface area (Å²) in [5.41, 5.74) is 1.18. The second-order valence-corrected chi connectivity index (χ2v) is 6.68. The van der Waals surface area contributed by atoms with Gasteiger partial charge in [0.2, 0.25) is 0 Å². The molecule has 0 spiro atoms. The van der Waals surface area contributed by atoms with Gasteiger partial charge in [0, 0.05) is 11.8 Å². The molecule has 1 heterocycles. The lowest BCUT2D eigenvalue weighted by atomic mass is 10.2. The van der Waals surface area contributed by atoms with Gasteiger partial charge in [0.05, 0.1) is 24.4 Å². The van der Waals surface area contributed by atoms with Crippen molar-refractivity contribution in [3.05, 3.63) is 47.9 Å². The molecule has 2 rings (SSSR count). The molecule has 0 unspecified atom stereocenters. The number of hydrogen-bond donors (Lipinski definition) is 2. The maximum Gasteiger partial charge on any atom is 0.407 e. The number of amides is 1. The molecule has 0 aliphatic heterocycles. The number of anilines is 2. The molecule has 0 fully saturated rings. The van der Waals surface area contributed by atoms with Gasteiger partial charge in [0.25, 0.3) is 0 Å². The van der Waals surface area contributed by atoms with E-state index in [1.807, 2.05) is 6.07 Å². The monoisotopic (exact) mass is 372 g/mol. The van der Waals surface area contributed by atoms with Gasteiger partial charge in [-0.2, -0.15) is 0 Å². The summed E-state index contributed by atoms with van der Waals surface area (Å²) in [4.78, 5) is 31.8. The van der Waals surface area contributed by atoms with Gasteiger partial charge in [-0.1, -0.05) is 6.07 Å². The van der Waals surface area contributed by atoms with Crippen LogP contribution in [0.15, 0.2) is 36.7 Å². The molecule has 8 heteroatoms. The van der Waals surface area contributed by atoms with E-state index in [1.54, 1.807) is 52.0 Å². The fraction of sp³-hybridized carbons (Fsp3) is 0.368. The first kappa shape index (κ1) is 20.2. The number of hydrogen-bond acceptors (Lipinski definition) is 7. The topological polar surface area (TPSA) is 102 Å². The summed E-state index contributed by atoms with van der Waals surface area (Å²) in [5.74, 6) is 0.151. The van der Waals surface area contributed by atoms with E-state index >= 15 is 0 Å². The van der Waals surface area contributed by atoms with E-state index in [0.717, 1.165) is 0 Å². The Morgan fingerprint density at radius 1 is 1.15 bits per heavy atom. The number of ether oxygens (including phenoxy) is 2. The molecule has 0 aliphatic rings. The van der Waals surface area contributed by atoms with Gasteiger partial charge in [0.15, 0.2) is 0 Å². The SMILES string of the molecule is CCOC(=O)c1cccc(Nc2cc(CNC(=O)OC(C)(C)C)ncn2)c1. The Bertz CT molecular complexity index is 802. The van der Waals surface area contributed by atoms with Crippen molar-refractivity contribution >= 4 is 23.6 Å². The largest absolute Gasteiger partial charge is 0.462 e. The second kappa shape index (κ2) is 8.98. The average Bonchev–Trinajstić information content (AvgIpc) is 2.59. The van der Waals surface area contributed by atoms with Crippen LogP contribution >= 0.6 is 0 Å². The van der Waals surface area contributed by atoms with Crippen LogP contribution in [0.2, 0.25) is 0 Å². The molecule has 27 heavy (non-hydrogen) atoms. The van der Waals surface area contributed by atoms with Crippen LogP contribution < -0.4 is 10.6 Å². The molecule has 1 aromatic carbocycles. The molecule has 2 N–H and O–H groups in total. The molecule has 8 nitrogen and oxygen atoms in total. The maximum absolute atomic E-state index is 11.8. The Morgan fingerprint density at radius 2 is 1.93 bits per heavy atom. The van der Waals surface area contributed by atoms with Crippen molar-refractivity contribution in [2.24, 2.45) is 0 Å². The lowest BCUT2D eigenvalue weighted by molar-refractivity contribution is 0.0514. The molecule has 0 atom stereocenters. The quantitative estimate of drug-likeness (QED) is 0.749. The number of carbonyl (C=O) groups excluding carboxylic acids is 2. The van der Waals surface area contributed by atoms with Crippen molar-refractivity contribution in [1.82, 2.24) is 15.3 Å². The zero-order valence-corrected chi connectivity index (χ0v) is 15.9. The minimum atomic E-state index is -0.563. The number of aromatic nitrogens is 2. The van der Waals surface area contributed by atoms with Crippen LogP contribution in [-0.4, -0.2) is 34.2 Å². The van der Waals surface area contributed by atoms with Crippen molar-refractivity contribution in [3.8, 4) is 0 Å². The van der Waals surface area contributed by atoms with Crippen LogP contribution in [0.3, 0.4) is 0 Å². The predicted octanol–water partition coefficient (Wildman–Crippen LogP) is 3.42. The van der Waals surface area contributed by atoms with E-state index in [9.17, 15) is 9.59 Å². The van der Waals surface area contributed by atoms with Gasteiger partial charge in [-0.15, -0.1) is 0 Å². The molecule has 144 valence electrons. The first-order valence-corrected chi connectivity index (χ1v) is 8.59. The first-order valence-electron chi connectivity index (χ1n) is 8.59. The van der Waals surface area contributed by atoms with E-state index in [1.165, 1.54) is 6.33 Å². The van der Waals surface area contributed by atoms with E-state index in [4.69, 9.17) is 9.47 Å². The van der Waals surface area contributed by atoms with Crippen LogP contribution in [0, 0.1) is 0 Å². The number of esters is 1. The lowest BCUT2D eigenvalue weighted by Gasteiger charge is -2.19. The number of nitrogens with one attached hydrogen (secondary N) is 2.